The first-order chi connectivity index (χ1) is 8.07. The van der Waals surface area contributed by atoms with Crippen LogP contribution in [0.3, 0.4) is 0 Å². The molecule has 2 rings (SSSR count). The molecule has 1 unspecified atom stereocenters. The number of benzene rings is 1. The average molecular weight is 266 g/mol. The molecule has 1 saturated heterocycles. The number of hydrogen-bond acceptors (Lipinski definition) is 2. The SMILES string of the molecule is Cc1ccccc1[SiH2]OC1CCC[Si](C)(C)O1. The molecule has 0 spiro atoms. The number of hydrogen-bond donors (Lipinski definition) is 0. The van der Waals surface area contributed by atoms with E-state index in [0.29, 0.717) is 0 Å². The maximum absolute atomic E-state index is 6.09. The number of aryl methyl sites for hydroxylation is 1. The molecule has 1 aromatic carbocycles. The highest BCUT2D eigenvalue weighted by Gasteiger charge is 2.31. The van der Waals surface area contributed by atoms with Gasteiger partial charge in [-0.2, -0.15) is 0 Å². The molecule has 0 saturated carbocycles. The second-order valence-corrected chi connectivity index (χ2v) is 11.1. The topological polar surface area (TPSA) is 18.5 Å². The van der Waals surface area contributed by atoms with Crippen LogP contribution in [0.1, 0.15) is 18.4 Å². The molecule has 1 heterocycles. The Morgan fingerprint density at radius 2 is 2.12 bits per heavy atom. The van der Waals surface area contributed by atoms with Gasteiger partial charge >= 0.3 is 0 Å². The van der Waals surface area contributed by atoms with Gasteiger partial charge in [-0.3, -0.25) is 0 Å². The minimum absolute atomic E-state index is 0.0803. The van der Waals surface area contributed by atoms with Crippen molar-refractivity contribution in [3.63, 3.8) is 0 Å². The Labute approximate surface area is 107 Å². The summed E-state index contributed by atoms with van der Waals surface area (Å²) in [5.41, 5.74) is 1.35. The predicted molar refractivity (Wildman–Crippen MR) is 76.8 cm³/mol. The molecule has 94 valence electrons. The van der Waals surface area contributed by atoms with Gasteiger partial charge < -0.3 is 8.85 Å². The van der Waals surface area contributed by atoms with Crippen LogP contribution in [-0.4, -0.2) is 24.4 Å². The fourth-order valence-corrected chi connectivity index (χ4v) is 5.63. The molecule has 0 radical (unpaired) electrons. The molecule has 0 amide bonds. The van der Waals surface area contributed by atoms with Gasteiger partial charge in [0.15, 0.2) is 18.1 Å². The van der Waals surface area contributed by atoms with Gasteiger partial charge in [0, 0.05) is 0 Å². The molecule has 1 fully saturated rings. The monoisotopic (exact) mass is 266 g/mol. The van der Waals surface area contributed by atoms with E-state index in [0.717, 1.165) is 6.42 Å². The minimum Gasteiger partial charge on any atom is -0.395 e. The van der Waals surface area contributed by atoms with Gasteiger partial charge in [-0.25, -0.2) is 0 Å². The van der Waals surface area contributed by atoms with Crippen molar-refractivity contribution in [1.82, 2.24) is 0 Å². The zero-order valence-corrected chi connectivity index (χ0v) is 13.4. The third-order valence-electron chi connectivity index (χ3n) is 3.36. The lowest BCUT2D eigenvalue weighted by Crippen LogP contribution is -2.42. The van der Waals surface area contributed by atoms with Crippen LogP contribution in [0.5, 0.6) is 0 Å². The molecular formula is C13H22O2Si2. The maximum atomic E-state index is 6.09. The van der Waals surface area contributed by atoms with Crippen molar-refractivity contribution in [2.45, 2.75) is 45.2 Å². The standard InChI is InChI=1S/C13H22O2Si2/c1-11-7-4-5-8-12(11)16-14-13-9-6-10-17(2,3)15-13/h4-5,7-8,13H,6,9-10,16H2,1-3H3. The van der Waals surface area contributed by atoms with Crippen LogP contribution in [0, 0.1) is 6.92 Å². The first-order valence-electron chi connectivity index (χ1n) is 6.41. The van der Waals surface area contributed by atoms with E-state index in [-0.39, 0.29) is 6.29 Å². The molecule has 0 N–H and O–H groups in total. The first kappa shape index (κ1) is 13.0. The molecule has 1 aliphatic rings. The van der Waals surface area contributed by atoms with Gasteiger partial charge in [0.05, 0.1) is 0 Å². The van der Waals surface area contributed by atoms with E-state index >= 15 is 0 Å². The fraction of sp³-hybridized carbons (Fsp3) is 0.538. The molecular weight excluding hydrogens is 244 g/mol. The summed E-state index contributed by atoms with van der Waals surface area (Å²) in [5, 5.41) is 1.40. The molecule has 1 atom stereocenters. The van der Waals surface area contributed by atoms with Crippen LogP contribution in [0.25, 0.3) is 0 Å². The maximum Gasteiger partial charge on any atom is 0.195 e. The molecule has 17 heavy (non-hydrogen) atoms. The van der Waals surface area contributed by atoms with Gasteiger partial charge in [0.2, 0.25) is 0 Å². The van der Waals surface area contributed by atoms with Gasteiger partial charge in [-0.15, -0.1) is 0 Å². The van der Waals surface area contributed by atoms with E-state index in [1.807, 2.05) is 0 Å². The summed E-state index contributed by atoms with van der Waals surface area (Å²) in [4.78, 5) is 0. The Morgan fingerprint density at radius 1 is 1.35 bits per heavy atom. The summed E-state index contributed by atoms with van der Waals surface area (Å²) >= 11 is 0. The highest BCUT2D eigenvalue weighted by Crippen LogP contribution is 2.25. The van der Waals surface area contributed by atoms with Crippen LogP contribution in [-0.2, 0) is 8.85 Å². The zero-order valence-electron chi connectivity index (χ0n) is 11.0. The second-order valence-electron chi connectivity index (χ2n) is 5.44. The Bertz CT molecular complexity index is 379. The van der Waals surface area contributed by atoms with Gasteiger partial charge in [0.25, 0.3) is 0 Å². The normalized spacial score (nSPS) is 24.3. The summed E-state index contributed by atoms with van der Waals surface area (Å²) in [6.07, 6.45) is 2.43. The fourth-order valence-electron chi connectivity index (χ4n) is 2.24. The van der Waals surface area contributed by atoms with Crippen molar-refractivity contribution < 1.29 is 8.85 Å². The van der Waals surface area contributed by atoms with Crippen molar-refractivity contribution >= 4 is 23.3 Å². The predicted octanol–water partition coefficient (Wildman–Crippen LogP) is 2.06. The van der Waals surface area contributed by atoms with E-state index in [2.05, 4.69) is 44.3 Å². The van der Waals surface area contributed by atoms with Gasteiger partial charge in [-0.05, 0) is 44.1 Å². The highest BCUT2D eigenvalue weighted by molar-refractivity contribution is 6.71. The third-order valence-corrected chi connectivity index (χ3v) is 7.46. The van der Waals surface area contributed by atoms with E-state index in [4.69, 9.17) is 8.85 Å². The lowest BCUT2D eigenvalue weighted by molar-refractivity contribution is -0.0157. The highest BCUT2D eigenvalue weighted by atomic mass is 28.4. The summed E-state index contributed by atoms with van der Waals surface area (Å²) in [6, 6.07) is 9.80. The van der Waals surface area contributed by atoms with Crippen LogP contribution in [0.15, 0.2) is 24.3 Å². The molecule has 2 nitrogen and oxygen atoms in total. The quantitative estimate of drug-likeness (QED) is 0.780. The first-order valence-corrected chi connectivity index (χ1v) is 10.8. The van der Waals surface area contributed by atoms with E-state index in [9.17, 15) is 0 Å². The Morgan fingerprint density at radius 3 is 2.82 bits per heavy atom. The summed E-state index contributed by atoms with van der Waals surface area (Å²) in [6.45, 7) is 6.74. The molecule has 1 aromatic rings. The smallest absolute Gasteiger partial charge is 0.195 e. The summed E-state index contributed by atoms with van der Waals surface area (Å²) in [5.74, 6) is 0. The van der Waals surface area contributed by atoms with E-state index < -0.39 is 18.1 Å². The Hall–Kier alpha value is -0.426. The summed E-state index contributed by atoms with van der Waals surface area (Å²) in [7, 11) is -2.04. The van der Waals surface area contributed by atoms with Crippen LogP contribution >= 0.6 is 0 Å². The lowest BCUT2D eigenvalue weighted by atomic mass is 10.2. The molecule has 1 aliphatic heterocycles. The largest absolute Gasteiger partial charge is 0.395 e. The average Bonchev–Trinajstić information content (AvgIpc) is 2.27. The second kappa shape index (κ2) is 5.48. The van der Waals surface area contributed by atoms with Crippen molar-refractivity contribution in [3.8, 4) is 0 Å². The number of rotatable bonds is 3. The van der Waals surface area contributed by atoms with Gasteiger partial charge in [0.1, 0.15) is 6.29 Å². The lowest BCUT2D eigenvalue weighted by Gasteiger charge is -2.34. The Balaban J connectivity index is 1.88. The zero-order chi connectivity index (χ0) is 12.3. The van der Waals surface area contributed by atoms with Crippen LogP contribution in [0.2, 0.25) is 19.1 Å². The third kappa shape index (κ3) is 3.77. The van der Waals surface area contributed by atoms with Crippen molar-refractivity contribution in [2.24, 2.45) is 0 Å². The van der Waals surface area contributed by atoms with Crippen molar-refractivity contribution in [3.05, 3.63) is 29.8 Å². The van der Waals surface area contributed by atoms with Crippen molar-refractivity contribution in [2.75, 3.05) is 0 Å². The molecule has 4 heteroatoms. The Kier molecular flexibility index (Phi) is 4.19. The minimum atomic E-state index is -1.41. The molecule has 0 bridgehead atoms. The van der Waals surface area contributed by atoms with E-state index in [1.54, 1.807) is 0 Å². The molecule has 0 aliphatic carbocycles. The van der Waals surface area contributed by atoms with Crippen LogP contribution < -0.4 is 5.19 Å². The van der Waals surface area contributed by atoms with Crippen molar-refractivity contribution in [1.29, 1.82) is 0 Å². The van der Waals surface area contributed by atoms with E-state index in [1.165, 1.54) is 23.2 Å². The van der Waals surface area contributed by atoms with Crippen LogP contribution in [0.4, 0.5) is 0 Å². The van der Waals surface area contributed by atoms with Gasteiger partial charge in [-0.1, -0.05) is 29.8 Å². The molecule has 0 aromatic heterocycles. The summed E-state index contributed by atoms with van der Waals surface area (Å²) < 4.78 is 12.1.